The predicted octanol–water partition coefficient (Wildman–Crippen LogP) is 0.909. The molecule has 118 valence electrons. The van der Waals surface area contributed by atoms with Gasteiger partial charge in [-0.25, -0.2) is 0 Å². The van der Waals surface area contributed by atoms with E-state index in [4.69, 9.17) is 19.9 Å². The lowest BCUT2D eigenvalue weighted by Gasteiger charge is -2.41. The SMILES string of the molecule is CCCO[C@H]1[C@H](O)[C@@H](Oc2ccc(N)cc2)O[C@@H](C)[C@H]1O. The first-order chi connectivity index (χ1) is 10.0. The molecule has 0 saturated carbocycles. The van der Waals surface area contributed by atoms with E-state index in [-0.39, 0.29) is 0 Å². The number of nitrogens with two attached hydrogens (primary N) is 1. The number of hydrogen-bond acceptors (Lipinski definition) is 6. The van der Waals surface area contributed by atoms with Gasteiger partial charge < -0.3 is 30.2 Å². The molecule has 1 heterocycles. The highest BCUT2D eigenvalue weighted by Crippen LogP contribution is 2.26. The smallest absolute Gasteiger partial charge is 0.229 e. The summed E-state index contributed by atoms with van der Waals surface area (Å²) in [6.45, 7) is 4.14. The fraction of sp³-hybridized carbons (Fsp3) is 0.600. The van der Waals surface area contributed by atoms with Crippen LogP contribution in [0.4, 0.5) is 5.69 Å². The zero-order valence-corrected chi connectivity index (χ0v) is 12.3. The largest absolute Gasteiger partial charge is 0.462 e. The van der Waals surface area contributed by atoms with Gasteiger partial charge in [0.1, 0.15) is 24.1 Å². The Morgan fingerprint density at radius 1 is 1.19 bits per heavy atom. The summed E-state index contributed by atoms with van der Waals surface area (Å²) in [7, 11) is 0. The number of aliphatic hydroxyl groups excluding tert-OH is 2. The fourth-order valence-electron chi connectivity index (χ4n) is 2.23. The van der Waals surface area contributed by atoms with E-state index in [1.54, 1.807) is 31.2 Å². The molecule has 0 aromatic heterocycles. The van der Waals surface area contributed by atoms with E-state index < -0.39 is 30.7 Å². The van der Waals surface area contributed by atoms with Crippen LogP contribution >= 0.6 is 0 Å². The average Bonchev–Trinajstić information content (AvgIpc) is 2.47. The van der Waals surface area contributed by atoms with E-state index in [2.05, 4.69) is 0 Å². The molecule has 6 heteroatoms. The van der Waals surface area contributed by atoms with E-state index in [0.29, 0.717) is 18.0 Å². The summed E-state index contributed by atoms with van der Waals surface area (Å²) in [5, 5.41) is 20.4. The van der Waals surface area contributed by atoms with Crippen molar-refractivity contribution in [1.82, 2.24) is 0 Å². The Bertz CT molecular complexity index is 438. The summed E-state index contributed by atoms with van der Waals surface area (Å²) in [4.78, 5) is 0. The van der Waals surface area contributed by atoms with Crippen molar-refractivity contribution in [3.05, 3.63) is 24.3 Å². The van der Waals surface area contributed by atoms with Crippen molar-refractivity contribution in [3.8, 4) is 5.75 Å². The molecule has 1 aliphatic rings. The molecule has 4 N–H and O–H groups in total. The first kappa shape index (κ1) is 16.0. The zero-order valence-electron chi connectivity index (χ0n) is 12.3. The van der Waals surface area contributed by atoms with E-state index in [1.807, 2.05) is 6.92 Å². The summed E-state index contributed by atoms with van der Waals surface area (Å²) in [6.07, 6.45) is -3.28. The molecule has 21 heavy (non-hydrogen) atoms. The van der Waals surface area contributed by atoms with Gasteiger partial charge in [-0.05, 0) is 37.6 Å². The second-order valence-electron chi connectivity index (χ2n) is 5.21. The van der Waals surface area contributed by atoms with Crippen LogP contribution in [0, 0.1) is 0 Å². The molecule has 1 aliphatic heterocycles. The Balaban J connectivity index is 2.06. The Labute approximate surface area is 124 Å². The van der Waals surface area contributed by atoms with Gasteiger partial charge in [0.05, 0.1) is 6.10 Å². The monoisotopic (exact) mass is 297 g/mol. The fourth-order valence-corrected chi connectivity index (χ4v) is 2.23. The standard InChI is InChI=1S/C15H23NO5/c1-3-8-19-14-12(17)9(2)20-15(13(14)18)21-11-6-4-10(16)5-7-11/h4-7,9,12-15,17-18H,3,8,16H2,1-2H3/t9-,12+,13-,14+,15+/m0/s1. The van der Waals surface area contributed by atoms with Crippen LogP contribution in [0.1, 0.15) is 20.3 Å². The topological polar surface area (TPSA) is 94.2 Å². The number of rotatable bonds is 5. The van der Waals surface area contributed by atoms with Crippen molar-refractivity contribution in [2.45, 2.75) is 51.0 Å². The maximum Gasteiger partial charge on any atom is 0.229 e. The quantitative estimate of drug-likeness (QED) is 0.699. The van der Waals surface area contributed by atoms with Gasteiger partial charge in [0.25, 0.3) is 0 Å². The van der Waals surface area contributed by atoms with Gasteiger partial charge in [0.15, 0.2) is 0 Å². The minimum Gasteiger partial charge on any atom is -0.462 e. The van der Waals surface area contributed by atoms with Gasteiger partial charge in [0, 0.05) is 12.3 Å². The lowest BCUT2D eigenvalue weighted by Crippen LogP contribution is -2.59. The average molecular weight is 297 g/mol. The van der Waals surface area contributed by atoms with Gasteiger partial charge in [-0.1, -0.05) is 6.92 Å². The number of ether oxygens (including phenoxy) is 3. The number of hydrogen-bond donors (Lipinski definition) is 3. The molecule has 1 aromatic carbocycles. The molecule has 6 nitrogen and oxygen atoms in total. The molecule has 1 fully saturated rings. The summed E-state index contributed by atoms with van der Waals surface area (Å²) in [5.41, 5.74) is 6.24. The third kappa shape index (κ3) is 3.85. The highest BCUT2D eigenvalue weighted by molar-refractivity contribution is 5.41. The molecule has 0 unspecified atom stereocenters. The van der Waals surface area contributed by atoms with Crippen molar-refractivity contribution in [2.75, 3.05) is 12.3 Å². The third-order valence-electron chi connectivity index (χ3n) is 3.43. The maximum atomic E-state index is 10.3. The van der Waals surface area contributed by atoms with E-state index in [1.165, 1.54) is 0 Å². The highest BCUT2D eigenvalue weighted by Gasteiger charge is 2.44. The maximum absolute atomic E-state index is 10.3. The lowest BCUT2D eigenvalue weighted by atomic mass is 9.99. The van der Waals surface area contributed by atoms with Crippen molar-refractivity contribution < 1.29 is 24.4 Å². The van der Waals surface area contributed by atoms with Crippen molar-refractivity contribution in [3.63, 3.8) is 0 Å². The predicted molar refractivity (Wildman–Crippen MR) is 77.9 cm³/mol. The van der Waals surface area contributed by atoms with Crippen LogP contribution in [0.25, 0.3) is 0 Å². The number of anilines is 1. The molecule has 0 radical (unpaired) electrons. The molecule has 0 amide bonds. The molecule has 1 aromatic rings. The van der Waals surface area contributed by atoms with Crippen LogP contribution < -0.4 is 10.5 Å². The molecular formula is C15H23NO5. The van der Waals surface area contributed by atoms with Crippen LogP contribution in [0.5, 0.6) is 5.75 Å². The first-order valence-corrected chi connectivity index (χ1v) is 7.18. The Morgan fingerprint density at radius 2 is 1.86 bits per heavy atom. The van der Waals surface area contributed by atoms with Gasteiger partial charge in [-0.3, -0.25) is 0 Å². The minimum absolute atomic E-state index is 0.458. The molecular weight excluding hydrogens is 274 g/mol. The molecule has 5 atom stereocenters. The summed E-state index contributed by atoms with van der Waals surface area (Å²) < 4.78 is 16.7. The van der Waals surface area contributed by atoms with Gasteiger partial charge >= 0.3 is 0 Å². The Morgan fingerprint density at radius 3 is 2.48 bits per heavy atom. The molecule has 2 rings (SSSR count). The first-order valence-electron chi connectivity index (χ1n) is 7.18. The molecule has 0 bridgehead atoms. The van der Waals surface area contributed by atoms with Crippen molar-refractivity contribution in [2.24, 2.45) is 0 Å². The van der Waals surface area contributed by atoms with E-state index in [9.17, 15) is 10.2 Å². The van der Waals surface area contributed by atoms with E-state index in [0.717, 1.165) is 6.42 Å². The van der Waals surface area contributed by atoms with Crippen LogP contribution in [0.2, 0.25) is 0 Å². The highest BCUT2D eigenvalue weighted by atomic mass is 16.7. The zero-order chi connectivity index (χ0) is 15.4. The Hall–Kier alpha value is -1.34. The normalized spacial score (nSPS) is 32.9. The molecule has 1 saturated heterocycles. The third-order valence-corrected chi connectivity index (χ3v) is 3.43. The number of aliphatic hydroxyl groups is 2. The van der Waals surface area contributed by atoms with Gasteiger partial charge in [-0.2, -0.15) is 0 Å². The molecule has 0 spiro atoms. The number of nitrogen functional groups attached to an aromatic ring is 1. The summed E-state index contributed by atoms with van der Waals surface area (Å²) in [5.74, 6) is 0.533. The van der Waals surface area contributed by atoms with Crippen LogP contribution in [-0.4, -0.2) is 47.5 Å². The number of benzene rings is 1. The van der Waals surface area contributed by atoms with Crippen molar-refractivity contribution in [1.29, 1.82) is 0 Å². The summed E-state index contributed by atoms with van der Waals surface area (Å²) in [6, 6.07) is 6.80. The molecule has 0 aliphatic carbocycles. The second kappa shape index (κ2) is 7.09. The summed E-state index contributed by atoms with van der Waals surface area (Å²) >= 11 is 0. The van der Waals surface area contributed by atoms with E-state index >= 15 is 0 Å². The van der Waals surface area contributed by atoms with Crippen LogP contribution in [-0.2, 0) is 9.47 Å². The second-order valence-corrected chi connectivity index (χ2v) is 5.21. The lowest BCUT2D eigenvalue weighted by molar-refractivity contribution is -0.277. The van der Waals surface area contributed by atoms with Crippen LogP contribution in [0.3, 0.4) is 0 Å². The van der Waals surface area contributed by atoms with Gasteiger partial charge in [-0.15, -0.1) is 0 Å². The van der Waals surface area contributed by atoms with Crippen LogP contribution in [0.15, 0.2) is 24.3 Å². The Kier molecular flexibility index (Phi) is 5.41. The minimum atomic E-state index is -1.07. The van der Waals surface area contributed by atoms with Gasteiger partial charge in [0.2, 0.25) is 6.29 Å². The van der Waals surface area contributed by atoms with Crippen molar-refractivity contribution >= 4 is 5.69 Å².